The van der Waals surface area contributed by atoms with Gasteiger partial charge in [-0.1, -0.05) is 27.2 Å². The maximum Gasteiger partial charge on any atom is 0.232 e. The van der Waals surface area contributed by atoms with Gasteiger partial charge in [-0.25, -0.2) is 0 Å². The van der Waals surface area contributed by atoms with Crippen molar-refractivity contribution in [2.75, 3.05) is 25.0 Å². The van der Waals surface area contributed by atoms with Gasteiger partial charge in [0.25, 0.3) is 0 Å². The van der Waals surface area contributed by atoms with Crippen molar-refractivity contribution in [2.24, 2.45) is 0 Å². The van der Waals surface area contributed by atoms with Gasteiger partial charge in [-0.15, -0.1) is 0 Å². The van der Waals surface area contributed by atoms with Gasteiger partial charge in [0, 0.05) is 12.0 Å². The summed E-state index contributed by atoms with van der Waals surface area (Å²) in [5.74, 6) is 1.95. The van der Waals surface area contributed by atoms with Gasteiger partial charge in [0.15, 0.2) is 0 Å². The van der Waals surface area contributed by atoms with Crippen LogP contribution in [0.15, 0.2) is 27.2 Å². The molecule has 1 fully saturated rings. The number of nitrogens with zero attached hydrogens (tertiary/aromatic N) is 3. The number of likely N-dealkylation sites (tertiary alicyclic amines) is 1. The lowest BCUT2D eigenvalue weighted by molar-refractivity contribution is 0.152. The van der Waals surface area contributed by atoms with Gasteiger partial charge in [-0.05, 0) is 38.1 Å². The molecule has 6 heteroatoms. The number of anilines is 1. The van der Waals surface area contributed by atoms with E-state index in [1.807, 2.05) is 32.9 Å². The minimum Gasteiger partial charge on any atom is -0.468 e. The standard InChI is InChI=1S/C19H26N4O2/c1-19(2,3)18-22-14(12-20)17(25-18)21-13-15(16-8-7-11-24-16)23-9-5-4-6-10-23/h7-8,11,15,21H,4-6,9-10,13H2,1-3H3. The van der Waals surface area contributed by atoms with Crippen LogP contribution in [0.3, 0.4) is 0 Å². The molecule has 3 rings (SSSR count). The molecule has 0 spiro atoms. The zero-order chi connectivity index (χ0) is 17.9. The molecular weight excluding hydrogens is 316 g/mol. The van der Waals surface area contributed by atoms with Crippen LogP contribution in [0, 0.1) is 11.3 Å². The summed E-state index contributed by atoms with van der Waals surface area (Å²) in [6.45, 7) is 8.78. The lowest BCUT2D eigenvalue weighted by Gasteiger charge is -2.33. The molecule has 0 aromatic carbocycles. The van der Waals surface area contributed by atoms with Gasteiger partial charge in [-0.3, -0.25) is 4.90 Å². The third kappa shape index (κ3) is 4.05. The van der Waals surface area contributed by atoms with Crippen LogP contribution >= 0.6 is 0 Å². The Balaban J connectivity index is 1.77. The molecule has 25 heavy (non-hydrogen) atoms. The third-order valence-electron chi connectivity index (χ3n) is 4.53. The Morgan fingerprint density at radius 3 is 2.68 bits per heavy atom. The normalized spacial score (nSPS) is 17.2. The number of nitrogens with one attached hydrogen (secondary N) is 1. The molecule has 1 saturated heterocycles. The van der Waals surface area contributed by atoms with Crippen LogP contribution in [0.4, 0.5) is 5.88 Å². The van der Waals surface area contributed by atoms with E-state index < -0.39 is 0 Å². The van der Waals surface area contributed by atoms with E-state index >= 15 is 0 Å². The van der Waals surface area contributed by atoms with Crippen molar-refractivity contribution in [3.05, 3.63) is 35.7 Å². The molecule has 0 aliphatic carbocycles. The van der Waals surface area contributed by atoms with Gasteiger partial charge in [0.05, 0.1) is 12.3 Å². The fourth-order valence-electron chi connectivity index (χ4n) is 3.15. The number of rotatable bonds is 5. The first-order valence-electron chi connectivity index (χ1n) is 8.92. The monoisotopic (exact) mass is 342 g/mol. The lowest BCUT2D eigenvalue weighted by Crippen LogP contribution is -2.37. The van der Waals surface area contributed by atoms with E-state index in [0.717, 1.165) is 18.8 Å². The van der Waals surface area contributed by atoms with Crippen molar-refractivity contribution in [2.45, 2.75) is 51.5 Å². The molecule has 134 valence electrons. The number of aromatic nitrogens is 1. The highest BCUT2D eigenvalue weighted by molar-refractivity contribution is 5.46. The van der Waals surface area contributed by atoms with Crippen molar-refractivity contribution in [1.82, 2.24) is 9.88 Å². The summed E-state index contributed by atoms with van der Waals surface area (Å²) in [5.41, 5.74) is 0.0699. The predicted octanol–water partition coefficient (Wildman–Crippen LogP) is 4.08. The minimum absolute atomic E-state index is 0.116. The molecule has 0 saturated carbocycles. The van der Waals surface area contributed by atoms with Gasteiger partial charge >= 0.3 is 0 Å². The molecule has 3 heterocycles. The highest BCUT2D eigenvalue weighted by Gasteiger charge is 2.27. The summed E-state index contributed by atoms with van der Waals surface area (Å²) in [7, 11) is 0. The summed E-state index contributed by atoms with van der Waals surface area (Å²) >= 11 is 0. The fraction of sp³-hybridized carbons (Fsp3) is 0.579. The summed E-state index contributed by atoms with van der Waals surface area (Å²) in [6, 6.07) is 6.16. The summed E-state index contributed by atoms with van der Waals surface area (Å²) in [4.78, 5) is 6.76. The predicted molar refractivity (Wildman–Crippen MR) is 95.3 cm³/mol. The van der Waals surface area contributed by atoms with Gasteiger partial charge in [-0.2, -0.15) is 10.2 Å². The number of piperidine rings is 1. The summed E-state index contributed by atoms with van der Waals surface area (Å²) < 4.78 is 11.5. The first-order chi connectivity index (χ1) is 12.0. The van der Waals surface area contributed by atoms with Crippen molar-refractivity contribution in [1.29, 1.82) is 5.26 Å². The molecule has 0 amide bonds. The van der Waals surface area contributed by atoms with E-state index in [9.17, 15) is 5.26 Å². The maximum absolute atomic E-state index is 9.35. The molecule has 0 radical (unpaired) electrons. The van der Waals surface area contributed by atoms with Gasteiger partial charge in [0.1, 0.15) is 11.8 Å². The molecule has 1 aliphatic rings. The van der Waals surface area contributed by atoms with E-state index in [0.29, 0.717) is 24.0 Å². The Labute approximate surface area is 148 Å². The Hall–Kier alpha value is -2.26. The second-order valence-electron chi connectivity index (χ2n) is 7.57. The van der Waals surface area contributed by atoms with Crippen molar-refractivity contribution < 1.29 is 8.83 Å². The Bertz CT molecular complexity index is 716. The molecule has 1 unspecified atom stereocenters. The SMILES string of the molecule is CC(C)(C)c1nc(C#N)c(NCC(c2ccco2)N2CCCCC2)o1. The Morgan fingerprint density at radius 1 is 1.32 bits per heavy atom. The largest absolute Gasteiger partial charge is 0.468 e. The first-order valence-corrected chi connectivity index (χ1v) is 8.92. The smallest absolute Gasteiger partial charge is 0.232 e. The van der Waals surface area contributed by atoms with Crippen LogP contribution in [0.2, 0.25) is 0 Å². The third-order valence-corrected chi connectivity index (χ3v) is 4.53. The lowest BCUT2D eigenvalue weighted by atomic mass is 9.97. The van der Waals surface area contributed by atoms with Gasteiger partial charge < -0.3 is 14.2 Å². The zero-order valence-electron chi connectivity index (χ0n) is 15.2. The van der Waals surface area contributed by atoms with Crippen LogP contribution in [-0.4, -0.2) is 29.5 Å². The molecule has 1 N–H and O–H groups in total. The quantitative estimate of drug-likeness (QED) is 0.882. The van der Waals surface area contributed by atoms with Crippen LogP contribution < -0.4 is 5.32 Å². The zero-order valence-corrected chi connectivity index (χ0v) is 15.2. The number of hydrogen-bond donors (Lipinski definition) is 1. The van der Waals surface area contributed by atoms with E-state index in [4.69, 9.17) is 8.83 Å². The molecule has 0 bridgehead atoms. The topological polar surface area (TPSA) is 78.2 Å². The molecule has 2 aromatic rings. The highest BCUT2D eigenvalue weighted by Crippen LogP contribution is 2.29. The maximum atomic E-state index is 9.35. The first kappa shape index (κ1) is 17.6. The van der Waals surface area contributed by atoms with Crippen molar-refractivity contribution in [3.8, 4) is 6.07 Å². The van der Waals surface area contributed by atoms with Crippen LogP contribution in [0.25, 0.3) is 0 Å². The van der Waals surface area contributed by atoms with E-state index in [2.05, 4.69) is 21.3 Å². The average Bonchev–Trinajstić information content (AvgIpc) is 3.25. The Kier molecular flexibility index (Phi) is 5.14. The second kappa shape index (κ2) is 7.32. The number of hydrogen-bond acceptors (Lipinski definition) is 6. The number of nitriles is 1. The van der Waals surface area contributed by atoms with Crippen LogP contribution in [-0.2, 0) is 5.41 Å². The van der Waals surface area contributed by atoms with Crippen LogP contribution in [0.5, 0.6) is 0 Å². The second-order valence-corrected chi connectivity index (χ2v) is 7.57. The molecule has 1 aliphatic heterocycles. The number of furan rings is 1. The van der Waals surface area contributed by atoms with Crippen molar-refractivity contribution >= 4 is 5.88 Å². The highest BCUT2D eigenvalue weighted by atomic mass is 16.4. The minimum atomic E-state index is -0.237. The molecule has 1 atom stereocenters. The van der Waals surface area contributed by atoms with Crippen LogP contribution in [0.1, 0.15) is 63.4 Å². The van der Waals surface area contributed by atoms with E-state index in [1.165, 1.54) is 19.3 Å². The average molecular weight is 342 g/mol. The van der Waals surface area contributed by atoms with E-state index in [1.54, 1.807) is 6.26 Å². The number of oxazole rings is 1. The van der Waals surface area contributed by atoms with E-state index in [-0.39, 0.29) is 11.5 Å². The summed E-state index contributed by atoms with van der Waals surface area (Å²) in [5, 5.41) is 12.6. The summed E-state index contributed by atoms with van der Waals surface area (Å²) in [6.07, 6.45) is 5.40. The molecule has 6 nitrogen and oxygen atoms in total. The molecule has 2 aromatic heterocycles. The van der Waals surface area contributed by atoms with Crippen molar-refractivity contribution in [3.63, 3.8) is 0 Å². The molecular formula is C19H26N4O2. The van der Waals surface area contributed by atoms with Gasteiger partial charge in [0.2, 0.25) is 17.5 Å². The Morgan fingerprint density at radius 2 is 2.08 bits per heavy atom. The fourth-order valence-corrected chi connectivity index (χ4v) is 3.15.